The molecule has 0 N–H and O–H groups in total. The fourth-order valence-electron chi connectivity index (χ4n) is 2.94. The van der Waals surface area contributed by atoms with E-state index in [-0.39, 0.29) is 5.78 Å². The van der Waals surface area contributed by atoms with E-state index >= 15 is 0 Å². The quantitative estimate of drug-likeness (QED) is 0.543. The number of rotatable bonds is 4. The Morgan fingerprint density at radius 2 is 1.74 bits per heavy atom. The Kier molecular flexibility index (Phi) is 3.75. The fraction of sp³-hybridized carbons (Fsp3) is 0.158. The number of aromatic nitrogens is 2. The Hall–Kier alpha value is -2.33. The molecule has 3 aromatic rings. The summed E-state index contributed by atoms with van der Waals surface area (Å²) < 4.78 is 4.41. The van der Waals surface area contributed by atoms with Crippen molar-refractivity contribution in [2.24, 2.45) is 0 Å². The zero-order chi connectivity index (χ0) is 15.6. The summed E-state index contributed by atoms with van der Waals surface area (Å²) in [6.45, 7) is 1.38. The van der Waals surface area contributed by atoms with Gasteiger partial charge in [-0.3, -0.25) is 4.79 Å². The molecule has 0 saturated carbocycles. The molecule has 0 fully saturated rings. The summed E-state index contributed by atoms with van der Waals surface area (Å²) in [5.41, 5.74) is 3.02. The van der Waals surface area contributed by atoms with Crippen molar-refractivity contribution >= 4 is 17.5 Å². The Bertz CT molecular complexity index is 841. The number of ketones is 1. The molecule has 4 rings (SSSR count). The lowest BCUT2D eigenvalue weighted by atomic mass is 10.1. The summed E-state index contributed by atoms with van der Waals surface area (Å²) in [6, 6.07) is 19.8. The highest BCUT2D eigenvalue weighted by Gasteiger charge is 2.30. The average Bonchev–Trinajstić information content (AvgIpc) is 3.19. The minimum Gasteiger partial charge on any atom is -0.290 e. The first-order valence-electron chi connectivity index (χ1n) is 7.72. The molecule has 0 atom stereocenters. The third-order valence-corrected chi connectivity index (χ3v) is 5.18. The molecule has 0 bridgehead atoms. The largest absolute Gasteiger partial charge is 0.319 e. The number of imidazole rings is 1. The molecular formula is C19H17N2OS+. The predicted molar refractivity (Wildman–Crippen MR) is 91.6 cm³/mol. The van der Waals surface area contributed by atoms with Crippen LogP contribution < -0.4 is 4.57 Å². The smallest absolute Gasteiger partial charge is 0.290 e. The highest BCUT2D eigenvalue weighted by Crippen LogP contribution is 2.28. The van der Waals surface area contributed by atoms with Crippen LogP contribution in [0.5, 0.6) is 0 Å². The van der Waals surface area contributed by atoms with Crippen LogP contribution in [0.25, 0.3) is 11.3 Å². The summed E-state index contributed by atoms with van der Waals surface area (Å²) in [5, 5.41) is 1.17. The van der Waals surface area contributed by atoms with Crippen LogP contribution >= 0.6 is 11.8 Å². The molecule has 3 nitrogen and oxygen atoms in total. The first kappa shape index (κ1) is 14.3. The van der Waals surface area contributed by atoms with Crippen molar-refractivity contribution in [1.29, 1.82) is 0 Å². The van der Waals surface area contributed by atoms with Gasteiger partial charge in [0.1, 0.15) is 12.7 Å². The van der Waals surface area contributed by atoms with Gasteiger partial charge in [0.05, 0.1) is 0 Å². The van der Waals surface area contributed by atoms with Gasteiger partial charge in [0.25, 0.3) is 0 Å². The van der Waals surface area contributed by atoms with E-state index in [1.165, 1.54) is 5.16 Å². The molecule has 0 saturated heterocycles. The number of thioether (sulfide) groups is 1. The minimum absolute atomic E-state index is 0.147. The highest BCUT2D eigenvalue weighted by atomic mass is 32.2. The van der Waals surface area contributed by atoms with Crippen LogP contribution in [0.1, 0.15) is 10.4 Å². The molecule has 114 valence electrons. The first-order chi connectivity index (χ1) is 11.3. The topological polar surface area (TPSA) is 25.9 Å². The molecule has 0 spiro atoms. The van der Waals surface area contributed by atoms with Gasteiger partial charge < -0.3 is 0 Å². The van der Waals surface area contributed by atoms with Gasteiger partial charge in [-0.25, -0.2) is 9.13 Å². The van der Waals surface area contributed by atoms with Crippen molar-refractivity contribution in [2.45, 2.75) is 18.2 Å². The van der Waals surface area contributed by atoms with E-state index in [4.69, 9.17) is 0 Å². The van der Waals surface area contributed by atoms with Gasteiger partial charge in [-0.05, 0) is 11.8 Å². The van der Waals surface area contributed by atoms with Crippen LogP contribution in [-0.2, 0) is 13.1 Å². The lowest BCUT2D eigenvalue weighted by Gasteiger charge is -2.04. The van der Waals surface area contributed by atoms with Crippen molar-refractivity contribution in [2.75, 3.05) is 5.75 Å². The number of aryl methyl sites for hydroxylation is 1. The summed E-state index contributed by atoms with van der Waals surface area (Å²) in [6.07, 6.45) is 2.17. The molecule has 1 aromatic heterocycles. The van der Waals surface area contributed by atoms with Gasteiger partial charge in [-0.2, -0.15) is 0 Å². The SMILES string of the molecule is O=C(Cn1c(-c2ccccc2)c[n+]2c1SCC2)c1ccccc1. The zero-order valence-electron chi connectivity index (χ0n) is 12.7. The lowest BCUT2D eigenvalue weighted by molar-refractivity contribution is -0.723. The molecular weight excluding hydrogens is 304 g/mol. The Labute approximate surface area is 139 Å². The number of benzene rings is 2. The molecule has 0 radical (unpaired) electrons. The second kappa shape index (κ2) is 6.05. The van der Waals surface area contributed by atoms with E-state index in [1.54, 1.807) is 0 Å². The second-order valence-electron chi connectivity index (χ2n) is 5.58. The third kappa shape index (κ3) is 2.70. The van der Waals surface area contributed by atoms with E-state index in [0.717, 1.165) is 29.1 Å². The van der Waals surface area contributed by atoms with Gasteiger partial charge in [0, 0.05) is 16.9 Å². The summed E-state index contributed by atoms with van der Waals surface area (Å²) in [7, 11) is 0. The van der Waals surface area contributed by atoms with E-state index in [2.05, 4.69) is 27.5 Å². The number of fused-ring (bicyclic) bond motifs is 1. The number of hydrogen-bond acceptors (Lipinski definition) is 2. The molecule has 4 heteroatoms. The lowest BCUT2D eigenvalue weighted by Crippen LogP contribution is -2.30. The van der Waals surface area contributed by atoms with Crippen molar-refractivity contribution in [3.05, 3.63) is 72.4 Å². The maximum absolute atomic E-state index is 12.7. The highest BCUT2D eigenvalue weighted by molar-refractivity contribution is 7.99. The molecule has 2 heterocycles. The van der Waals surface area contributed by atoms with Crippen LogP contribution in [0.3, 0.4) is 0 Å². The molecule has 0 aliphatic carbocycles. The van der Waals surface area contributed by atoms with Gasteiger partial charge >= 0.3 is 5.16 Å². The Balaban J connectivity index is 1.74. The van der Waals surface area contributed by atoms with E-state index < -0.39 is 0 Å². The maximum Gasteiger partial charge on any atom is 0.319 e. The second-order valence-corrected chi connectivity index (χ2v) is 6.64. The standard InChI is InChI=1S/C19H17N2OS/c22-18(16-9-5-2-6-10-16)14-21-17(15-7-3-1-4-8-15)13-20-11-12-23-19(20)21/h1-10,13H,11-12,14H2/q+1. The summed E-state index contributed by atoms with van der Waals surface area (Å²) in [4.78, 5) is 12.7. The van der Waals surface area contributed by atoms with Crippen LogP contribution in [0, 0.1) is 0 Å². The number of Topliss-reactive ketones (excluding diaryl/α,β-unsaturated/α-hetero) is 1. The minimum atomic E-state index is 0.147. The summed E-state index contributed by atoms with van der Waals surface area (Å²) >= 11 is 1.82. The van der Waals surface area contributed by atoms with Gasteiger partial charge in [-0.15, -0.1) is 0 Å². The van der Waals surface area contributed by atoms with Crippen molar-refractivity contribution in [1.82, 2.24) is 4.57 Å². The molecule has 2 aromatic carbocycles. The van der Waals surface area contributed by atoms with Crippen LogP contribution in [0.15, 0.2) is 72.0 Å². The van der Waals surface area contributed by atoms with E-state index in [1.807, 2.05) is 60.3 Å². The van der Waals surface area contributed by atoms with E-state index in [9.17, 15) is 4.79 Å². The Morgan fingerprint density at radius 3 is 2.48 bits per heavy atom. The normalized spacial score (nSPS) is 13.0. The van der Waals surface area contributed by atoms with Crippen LogP contribution in [0.2, 0.25) is 0 Å². The monoisotopic (exact) mass is 321 g/mol. The number of carbonyl (C=O) groups excluding carboxylic acids is 1. The van der Waals surface area contributed by atoms with Gasteiger partial charge in [-0.1, -0.05) is 60.7 Å². The van der Waals surface area contributed by atoms with Crippen LogP contribution in [-0.4, -0.2) is 16.1 Å². The number of hydrogen-bond donors (Lipinski definition) is 0. The van der Waals surface area contributed by atoms with E-state index in [0.29, 0.717) is 6.54 Å². The van der Waals surface area contributed by atoms with Gasteiger partial charge in [0.15, 0.2) is 12.2 Å². The van der Waals surface area contributed by atoms with Crippen LogP contribution in [0.4, 0.5) is 0 Å². The maximum atomic E-state index is 12.7. The predicted octanol–water partition coefficient (Wildman–Crippen LogP) is 3.43. The first-order valence-corrected chi connectivity index (χ1v) is 8.71. The van der Waals surface area contributed by atoms with Crippen molar-refractivity contribution in [3.8, 4) is 11.3 Å². The summed E-state index contributed by atoms with van der Waals surface area (Å²) in [5.74, 6) is 1.22. The van der Waals surface area contributed by atoms with Gasteiger partial charge in [0.2, 0.25) is 5.78 Å². The fourth-order valence-corrected chi connectivity index (χ4v) is 4.04. The Morgan fingerprint density at radius 1 is 1.04 bits per heavy atom. The molecule has 0 amide bonds. The van der Waals surface area contributed by atoms with Crippen molar-refractivity contribution in [3.63, 3.8) is 0 Å². The number of carbonyl (C=O) groups is 1. The van der Waals surface area contributed by atoms with Crippen molar-refractivity contribution < 1.29 is 9.36 Å². The zero-order valence-corrected chi connectivity index (χ0v) is 13.5. The molecule has 1 aliphatic rings. The molecule has 23 heavy (non-hydrogen) atoms. The molecule has 1 aliphatic heterocycles. The molecule has 0 unspecified atom stereocenters. The average molecular weight is 321 g/mol. The number of nitrogens with zero attached hydrogens (tertiary/aromatic N) is 2. The third-order valence-electron chi connectivity index (χ3n) is 4.08.